The van der Waals surface area contributed by atoms with Gasteiger partial charge in [-0.15, -0.1) is 0 Å². The summed E-state index contributed by atoms with van der Waals surface area (Å²) in [6.07, 6.45) is 8.46. The summed E-state index contributed by atoms with van der Waals surface area (Å²) in [5.74, 6) is 0.617. The zero-order valence-corrected chi connectivity index (χ0v) is 12.8. The van der Waals surface area contributed by atoms with Crippen molar-refractivity contribution in [3.05, 3.63) is 29.6 Å². The Labute approximate surface area is 126 Å². The molecule has 0 bridgehead atoms. The SMILES string of the molecule is Cc1ncccc1C(=O)NCC1CCN(C2CCCC2)C1. The van der Waals surface area contributed by atoms with Crippen molar-refractivity contribution < 1.29 is 4.79 Å². The number of rotatable bonds is 4. The lowest BCUT2D eigenvalue weighted by molar-refractivity contribution is 0.0946. The van der Waals surface area contributed by atoms with Crippen molar-refractivity contribution in [3.8, 4) is 0 Å². The van der Waals surface area contributed by atoms with Gasteiger partial charge < -0.3 is 10.2 Å². The van der Waals surface area contributed by atoms with Gasteiger partial charge in [0.1, 0.15) is 0 Å². The molecule has 0 radical (unpaired) electrons. The summed E-state index contributed by atoms with van der Waals surface area (Å²) in [4.78, 5) is 19.0. The first kappa shape index (κ1) is 14.5. The van der Waals surface area contributed by atoms with Crippen molar-refractivity contribution in [1.82, 2.24) is 15.2 Å². The lowest BCUT2D eigenvalue weighted by atomic mass is 10.1. The maximum Gasteiger partial charge on any atom is 0.253 e. The fourth-order valence-corrected chi connectivity index (χ4v) is 3.69. The highest BCUT2D eigenvalue weighted by molar-refractivity contribution is 5.95. The van der Waals surface area contributed by atoms with Gasteiger partial charge in [-0.1, -0.05) is 12.8 Å². The van der Waals surface area contributed by atoms with E-state index in [1.807, 2.05) is 19.1 Å². The molecule has 2 fully saturated rings. The topological polar surface area (TPSA) is 45.2 Å². The summed E-state index contributed by atoms with van der Waals surface area (Å²) in [7, 11) is 0. The minimum atomic E-state index is 0.0138. The molecule has 0 aromatic carbocycles. The molecule has 1 amide bonds. The maximum atomic E-state index is 12.2. The van der Waals surface area contributed by atoms with Crippen LogP contribution >= 0.6 is 0 Å². The molecular formula is C17H25N3O. The van der Waals surface area contributed by atoms with Crippen LogP contribution in [0, 0.1) is 12.8 Å². The van der Waals surface area contributed by atoms with E-state index in [-0.39, 0.29) is 5.91 Å². The summed E-state index contributed by atoms with van der Waals surface area (Å²) < 4.78 is 0. The third-order valence-electron chi connectivity index (χ3n) is 4.96. The van der Waals surface area contributed by atoms with E-state index in [2.05, 4.69) is 15.2 Å². The van der Waals surface area contributed by atoms with Crippen molar-refractivity contribution >= 4 is 5.91 Å². The van der Waals surface area contributed by atoms with Crippen LogP contribution in [0.1, 0.15) is 48.2 Å². The van der Waals surface area contributed by atoms with Crippen LogP contribution < -0.4 is 5.32 Å². The molecule has 3 rings (SSSR count). The first-order valence-electron chi connectivity index (χ1n) is 8.18. The number of nitrogens with zero attached hydrogens (tertiary/aromatic N) is 2. The summed E-state index contributed by atoms with van der Waals surface area (Å²) in [6.45, 7) is 5.02. The second kappa shape index (κ2) is 6.56. The summed E-state index contributed by atoms with van der Waals surface area (Å²) in [5, 5.41) is 3.09. The lowest BCUT2D eigenvalue weighted by Crippen LogP contribution is -2.34. The number of carbonyl (C=O) groups excluding carboxylic acids is 1. The molecule has 2 heterocycles. The summed E-state index contributed by atoms with van der Waals surface area (Å²) in [5.41, 5.74) is 1.50. The molecule has 1 aromatic heterocycles. The number of hydrogen-bond acceptors (Lipinski definition) is 3. The van der Waals surface area contributed by atoms with E-state index in [1.54, 1.807) is 6.20 Å². The predicted octanol–water partition coefficient (Wildman–Crippen LogP) is 2.38. The van der Waals surface area contributed by atoms with Crippen molar-refractivity contribution in [2.24, 2.45) is 5.92 Å². The van der Waals surface area contributed by atoms with Crippen LogP contribution in [-0.4, -0.2) is 41.5 Å². The number of carbonyl (C=O) groups is 1. The number of pyridine rings is 1. The quantitative estimate of drug-likeness (QED) is 0.925. The molecule has 1 saturated heterocycles. The number of hydrogen-bond donors (Lipinski definition) is 1. The van der Waals surface area contributed by atoms with Gasteiger partial charge in [-0.3, -0.25) is 9.78 Å². The third-order valence-corrected chi connectivity index (χ3v) is 4.96. The standard InChI is InChI=1S/C17H25N3O/c1-13-16(7-4-9-18-13)17(21)19-11-14-8-10-20(12-14)15-5-2-3-6-15/h4,7,9,14-15H,2-3,5-6,8,10-12H2,1H3,(H,19,21). The molecule has 1 saturated carbocycles. The lowest BCUT2D eigenvalue weighted by Gasteiger charge is -2.23. The minimum absolute atomic E-state index is 0.0138. The molecule has 1 N–H and O–H groups in total. The third kappa shape index (κ3) is 3.43. The van der Waals surface area contributed by atoms with E-state index in [0.29, 0.717) is 11.5 Å². The van der Waals surface area contributed by atoms with E-state index < -0.39 is 0 Å². The molecule has 21 heavy (non-hydrogen) atoms. The second-order valence-corrected chi connectivity index (χ2v) is 6.43. The summed E-state index contributed by atoms with van der Waals surface area (Å²) >= 11 is 0. The van der Waals surface area contributed by atoms with Crippen LogP contribution in [0.5, 0.6) is 0 Å². The molecule has 1 atom stereocenters. The Kier molecular flexibility index (Phi) is 4.54. The van der Waals surface area contributed by atoms with E-state index in [4.69, 9.17) is 0 Å². The summed E-state index contributed by atoms with van der Waals surface area (Å²) in [6, 6.07) is 4.47. The predicted molar refractivity (Wildman–Crippen MR) is 83.2 cm³/mol. The average Bonchev–Trinajstić information content (AvgIpc) is 3.16. The molecule has 1 aliphatic heterocycles. The number of likely N-dealkylation sites (tertiary alicyclic amines) is 1. The van der Waals surface area contributed by atoms with E-state index in [0.717, 1.165) is 24.8 Å². The molecule has 4 nitrogen and oxygen atoms in total. The molecule has 2 aliphatic rings. The van der Waals surface area contributed by atoms with Crippen molar-refractivity contribution in [3.63, 3.8) is 0 Å². The van der Waals surface area contributed by atoms with Gasteiger partial charge in [0.15, 0.2) is 0 Å². The maximum absolute atomic E-state index is 12.2. The average molecular weight is 287 g/mol. The van der Waals surface area contributed by atoms with Gasteiger partial charge in [0.05, 0.1) is 5.56 Å². The van der Waals surface area contributed by atoms with Gasteiger partial charge in [0.25, 0.3) is 5.91 Å². The van der Waals surface area contributed by atoms with Crippen LogP contribution in [0.4, 0.5) is 0 Å². The zero-order valence-electron chi connectivity index (χ0n) is 12.8. The Hall–Kier alpha value is -1.42. The molecule has 114 valence electrons. The highest BCUT2D eigenvalue weighted by atomic mass is 16.1. The van der Waals surface area contributed by atoms with Gasteiger partial charge in [0.2, 0.25) is 0 Å². The van der Waals surface area contributed by atoms with E-state index >= 15 is 0 Å². The number of amides is 1. The van der Waals surface area contributed by atoms with Gasteiger partial charge in [-0.2, -0.15) is 0 Å². The van der Waals surface area contributed by atoms with Crippen LogP contribution in [-0.2, 0) is 0 Å². The monoisotopic (exact) mass is 287 g/mol. The molecular weight excluding hydrogens is 262 g/mol. The van der Waals surface area contributed by atoms with Crippen LogP contribution in [0.3, 0.4) is 0 Å². The Bertz CT molecular complexity index is 497. The zero-order chi connectivity index (χ0) is 14.7. The van der Waals surface area contributed by atoms with Crippen LogP contribution in [0.15, 0.2) is 18.3 Å². The van der Waals surface area contributed by atoms with Crippen LogP contribution in [0.25, 0.3) is 0 Å². The van der Waals surface area contributed by atoms with Gasteiger partial charge in [-0.05, 0) is 50.8 Å². The second-order valence-electron chi connectivity index (χ2n) is 6.43. The van der Waals surface area contributed by atoms with Gasteiger partial charge >= 0.3 is 0 Å². The van der Waals surface area contributed by atoms with E-state index in [1.165, 1.54) is 38.6 Å². The first-order valence-corrected chi connectivity index (χ1v) is 8.18. The normalized spacial score (nSPS) is 23.6. The molecule has 1 unspecified atom stereocenters. The highest BCUT2D eigenvalue weighted by Crippen LogP contribution is 2.28. The molecule has 1 aromatic rings. The Balaban J connectivity index is 1.47. The highest BCUT2D eigenvalue weighted by Gasteiger charge is 2.29. The van der Waals surface area contributed by atoms with E-state index in [9.17, 15) is 4.79 Å². The fourth-order valence-electron chi connectivity index (χ4n) is 3.69. The number of nitrogens with one attached hydrogen (secondary N) is 1. The molecule has 1 aliphatic carbocycles. The van der Waals surface area contributed by atoms with Crippen molar-refractivity contribution in [1.29, 1.82) is 0 Å². The van der Waals surface area contributed by atoms with Gasteiger partial charge in [-0.25, -0.2) is 0 Å². The Morgan fingerprint density at radius 1 is 1.38 bits per heavy atom. The van der Waals surface area contributed by atoms with Crippen LogP contribution in [0.2, 0.25) is 0 Å². The molecule has 4 heteroatoms. The first-order chi connectivity index (χ1) is 10.2. The fraction of sp³-hybridized carbons (Fsp3) is 0.647. The minimum Gasteiger partial charge on any atom is -0.352 e. The van der Waals surface area contributed by atoms with Crippen molar-refractivity contribution in [2.45, 2.75) is 45.1 Å². The number of aryl methyl sites for hydroxylation is 1. The van der Waals surface area contributed by atoms with Crippen molar-refractivity contribution in [2.75, 3.05) is 19.6 Å². The number of aromatic nitrogens is 1. The van der Waals surface area contributed by atoms with Gasteiger partial charge in [0, 0.05) is 31.0 Å². The Morgan fingerprint density at radius 3 is 2.95 bits per heavy atom. The smallest absolute Gasteiger partial charge is 0.253 e. The largest absolute Gasteiger partial charge is 0.352 e. The Morgan fingerprint density at radius 2 is 2.19 bits per heavy atom. The molecule has 0 spiro atoms.